The van der Waals surface area contributed by atoms with E-state index in [2.05, 4.69) is 25.7 Å². The van der Waals surface area contributed by atoms with Gasteiger partial charge in [-0.1, -0.05) is 0 Å². The Kier molecular flexibility index (Phi) is 2.64. The van der Waals surface area contributed by atoms with Crippen LogP contribution in [0.3, 0.4) is 0 Å². The van der Waals surface area contributed by atoms with Gasteiger partial charge in [0.2, 0.25) is 5.82 Å². The predicted molar refractivity (Wildman–Crippen MR) is 68.1 cm³/mol. The van der Waals surface area contributed by atoms with Crippen molar-refractivity contribution in [2.45, 2.75) is 0 Å². The molecule has 0 aliphatic heterocycles. The number of aromatic carboxylic acids is 1. The van der Waals surface area contributed by atoms with Crippen molar-refractivity contribution in [3.8, 4) is 17.1 Å². The van der Waals surface area contributed by atoms with Crippen molar-refractivity contribution in [2.24, 2.45) is 0 Å². The van der Waals surface area contributed by atoms with E-state index in [0.717, 1.165) is 0 Å². The number of benzene rings is 1. The molecule has 4 N–H and O–H groups in total. The number of aromatic nitrogens is 6. The molecule has 3 aromatic rings. The Balaban J connectivity index is 2.17. The van der Waals surface area contributed by atoms with Crippen molar-refractivity contribution in [3.63, 3.8) is 0 Å². The van der Waals surface area contributed by atoms with Gasteiger partial charge in [0.25, 0.3) is 0 Å². The molecule has 0 atom stereocenters. The lowest BCUT2D eigenvalue weighted by atomic mass is 10.1. The van der Waals surface area contributed by atoms with Crippen LogP contribution in [0.1, 0.15) is 10.4 Å². The number of carbonyl (C=O) groups is 1. The lowest BCUT2D eigenvalue weighted by molar-refractivity contribution is 0.0697. The Morgan fingerprint density at radius 2 is 2.25 bits per heavy atom. The highest BCUT2D eigenvalue weighted by Crippen LogP contribution is 2.23. The molecule has 0 saturated carbocycles. The number of anilines is 1. The van der Waals surface area contributed by atoms with E-state index < -0.39 is 5.97 Å². The van der Waals surface area contributed by atoms with Gasteiger partial charge < -0.3 is 10.8 Å². The molecule has 0 spiro atoms. The highest BCUT2D eigenvalue weighted by atomic mass is 16.4. The summed E-state index contributed by atoms with van der Waals surface area (Å²) in [6.07, 6.45) is 3.12. The Morgan fingerprint density at radius 3 is 2.85 bits per heavy atom. The summed E-state index contributed by atoms with van der Waals surface area (Å²) in [6, 6.07) is 4.70. The molecular formula is C11H9N7O2. The van der Waals surface area contributed by atoms with Crippen LogP contribution in [0.2, 0.25) is 0 Å². The largest absolute Gasteiger partial charge is 0.478 e. The second-order valence-corrected chi connectivity index (χ2v) is 3.99. The molecular weight excluding hydrogens is 262 g/mol. The van der Waals surface area contributed by atoms with E-state index in [1.165, 1.54) is 16.9 Å². The van der Waals surface area contributed by atoms with Crippen LogP contribution < -0.4 is 5.73 Å². The van der Waals surface area contributed by atoms with Crippen LogP contribution in [0.5, 0.6) is 0 Å². The lowest BCUT2D eigenvalue weighted by Gasteiger charge is -2.06. The standard InChI is InChI=1S/C11H9N7O2/c12-6-4-13-18(5-6)7-1-2-8(11(19)20)9(3-7)10-14-16-17-15-10/h1-5H,12H2,(H,19,20)(H,14,15,16,17). The monoisotopic (exact) mass is 271 g/mol. The van der Waals surface area contributed by atoms with E-state index in [-0.39, 0.29) is 11.4 Å². The molecule has 0 radical (unpaired) electrons. The molecule has 100 valence electrons. The minimum absolute atomic E-state index is 0.0790. The average Bonchev–Trinajstić information content (AvgIpc) is 3.09. The van der Waals surface area contributed by atoms with Crippen LogP contribution in [-0.2, 0) is 0 Å². The van der Waals surface area contributed by atoms with Gasteiger partial charge in [0, 0.05) is 5.56 Å². The van der Waals surface area contributed by atoms with Gasteiger partial charge in [0.05, 0.1) is 29.3 Å². The zero-order valence-corrected chi connectivity index (χ0v) is 10.1. The van der Waals surface area contributed by atoms with Crippen molar-refractivity contribution >= 4 is 11.7 Å². The van der Waals surface area contributed by atoms with Gasteiger partial charge in [-0.05, 0) is 23.4 Å². The fourth-order valence-corrected chi connectivity index (χ4v) is 1.80. The fraction of sp³-hybridized carbons (Fsp3) is 0. The van der Waals surface area contributed by atoms with Crippen molar-refractivity contribution in [1.82, 2.24) is 30.4 Å². The molecule has 20 heavy (non-hydrogen) atoms. The van der Waals surface area contributed by atoms with Crippen LogP contribution in [-0.4, -0.2) is 41.5 Å². The Morgan fingerprint density at radius 1 is 1.40 bits per heavy atom. The summed E-state index contributed by atoms with van der Waals surface area (Å²) in [7, 11) is 0. The second-order valence-electron chi connectivity index (χ2n) is 3.99. The van der Waals surface area contributed by atoms with Gasteiger partial charge in [0.1, 0.15) is 0 Å². The van der Waals surface area contributed by atoms with Gasteiger partial charge in [-0.25, -0.2) is 9.48 Å². The zero-order valence-electron chi connectivity index (χ0n) is 10.1. The van der Waals surface area contributed by atoms with E-state index in [0.29, 0.717) is 16.9 Å². The molecule has 0 aliphatic rings. The normalized spacial score (nSPS) is 10.6. The van der Waals surface area contributed by atoms with Crippen molar-refractivity contribution in [3.05, 3.63) is 36.2 Å². The molecule has 0 aliphatic carbocycles. The quantitative estimate of drug-likeness (QED) is 0.624. The van der Waals surface area contributed by atoms with Crippen molar-refractivity contribution in [2.75, 3.05) is 5.73 Å². The maximum Gasteiger partial charge on any atom is 0.336 e. The van der Waals surface area contributed by atoms with Gasteiger partial charge in [-0.2, -0.15) is 10.3 Å². The highest BCUT2D eigenvalue weighted by Gasteiger charge is 2.16. The number of nitrogens with two attached hydrogens (primary N) is 1. The van der Waals surface area contributed by atoms with Crippen LogP contribution in [0.15, 0.2) is 30.6 Å². The highest BCUT2D eigenvalue weighted by molar-refractivity contribution is 5.95. The summed E-state index contributed by atoms with van der Waals surface area (Å²) >= 11 is 0. The number of nitrogens with one attached hydrogen (secondary N) is 1. The molecule has 0 saturated heterocycles. The number of nitrogen functional groups attached to an aromatic ring is 1. The maximum atomic E-state index is 11.2. The van der Waals surface area contributed by atoms with E-state index in [9.17, 15) is 9.90 Å². The van der Waals surface area contributed by atoms with Gasteiger partial charge >= 0.3 is 5.97 Å². The molecule has 0 amide bonds. The number of tetrazole rings is 1. The molecule has 9 heteroatoms. The van der Waals surface area contributed by atoms with Crippen molar-refractivity contribution in [1.29, 1.82) is 0 Å². The molecule has 0 fully saturated rings. The molecule has 1 aromatic carbocycles. The Labute approximate surface area is 112 Å². The summed E-state index contributed by atoms with van der Waals surface area (Å²) in [6.45, 7) is 0. The van der Waals surface area contributed by atoms with Crippen LogP contribution in [0, 0.1) is 0 Å². The first kappa shape index (κ1) is 11.8. The van der Waals surface area contributed by atoms with E-state index >= 15 is 0 Å². The van der Waals surface area contributed by atoms with Crippen molar-refractivity contribution < 1.29 is 9.90 Å². The van der Waals surface area contributed by atoms with Crippen LogP contribution >= 0.6 is 0 Å². The number of H-pyrrole nitrogens is 1. The predicted octanol–water partition coefficient (Wildman–Crippen LogP) is 0.333. The van der Waals surface area contributed by atoms with E-state index in [1.807, 2.05) is 0 Å². The first-order valence-corrected chi connectivity index (χ1v) is 5.57. The SMILES string of the molecule is Nc1cnn(-c2ccc(C(=O)O)c(-c3nn[nH]n3)c2)c1. The van der Waals surface area contributed by atoms with E-state index in [4.69, 9.17) is 5.73 Å². The first-order valence-electron chi connectivity index (χ1n) is 5.57. The zero-order chi connectivity index (χ0) is 14.1. The number of hydrogen-bond acceptors (Lipinski definition) is 6. The number of carboxylic acid groups (broad SMARTS) is 1. The molecule has 2 heterocycles. The van der Waals surface area contributed by atoms with E-state index in [1.54, 1.807) is 18.3 Å². The number of aromatic amines is 1. The third-order valence-corrected chi connectivity index (χ3v) is 2.69. The number of rotatable bonds is 3. The third kappa shape index (κ3) is 1.96. The number of carboxylic acids is 1. The van der Waals surface area contributed by atoms with Gasteiger partial charge in [0.15, 0.2) is 0 Å². The topological polar surface area (TPSA) is 136 Å². The van der Waals surface area contributed by atoms with Crippen LogP contribution in [0.4, 0.5) is 5.69 Å². The molecule has 9 nitrogen and oxygen atoms in total. The molecule has 0 bridgehead atoms. The second kappa shape index (κ2) is 4.46. The first-order chi connectivity index (χ1) is 9.65. The molecule has 2 aromatic heterocycles. The Bertz CT molecular complexity index is 763. The lowest BCUT2D eigenvalue weighted by Crippen LogP contribution is -2.03. The minimum Gasteiger partial charge on any atom is -0.478 e. The van der Waals surface area contributed by atoms with Crippen LogP contribution in [0.25, 0.3) is 17.1 Å². The summed E-state index contributed by atoms with van der Waals surface area (Å²) in [5, 5.41) is 26.6. The van der Waals surface area contributed by atoms with Gasteiger partial charge in [-0.15, -0.1) is 10.2 Å². The Hall–Kier alpha value is -3.23. The smallest absolute Gasteiger partial charge is 0.336 e. The summed E-state index contributed by atoms with van der Waals surface area (Å²) in [4.78, 5) is 11.2. The summed E-state index contributed by atoms with van der Waals surface area (Å²) in [5.74, 6) is -0.874. The summed E-state index contributed by atoms with van der Waals surface area (Å²) < 4.78 is 1.53. The third-order valence-electron chi connectivity index (χ3n) is 2.69. The van der Waals surface area contributed by atoms with Gasteiger partial charge in [-0.3, -0.25) is 0 Å². The number of nitrogens with zero attached hydrogens (tertiary/aromatic N) is 5. The summed E-state index contributed by atoms with van der Waals surface area (Å²) in [5.41, 5.74) is 7.19. The minimum atomic E-state index is -1.07. The number of hydrogen-bond donors (Lipinski definition) is 3. The fourth-order valence-electron chi connectivity index (χ4n) is 1.80. The molecule has 3 rings (SSSR count). The molecule has 0 unspecified atom stereocenters. The maximum absolute atomic E-state index is 11.2. The average molecular weight is 271 g/mol.